The zero-order valence-corrected chi connectivity index (χ0v) is 50.6. The predicted octanol–water partition coefficient (Wildman–Crippen LogP) is 4.67. The molecule has 0 saturated carbocycles. The van der Waals surface area contributed by atoms with Crippen LogP contribution in [0.25, 0.3) is 0 Å². The van der Waals surface area contributed by atoms with Gasteiger partial charge in [0.2, 0.25) is 26.0 Å². The molecule has 0 aliphatic carbocycles. The lowest BCUT2D eigenvalue weighted by Gasteiger charge is -2.30. The summed E-state index contributed by atoms with van der Waals surface area (Å²) < 4.78 is 83.9. The minimum Gasteiger partial charge on any atom is -0.444 e. The van der Waals surface area contributed by atoms with Crippen LogP contribution < -0.4 is 21.7 Å². The molecule has 0 aromatic heterocycles. The number of likely N-dealkylation sites (N-methyl/N-ethyl adjacent to an activating group) is 2. The van der Waals surface area contributed by atoms with E-state index in [0.717, 1.165) is 24.2 Å². The molecule has 0 unspecified atom stereocenters. The van der Waals surface area contributed by atoms with E-state index in [4.69, 9.17) is 29.4 Å². The van der Waals surface area contributed by atoms with Crippen molar-refractivity contribution in [2.75, 3.05) is 118 Å². The molecule has 2 heterocycles. The summed E-state index contributed by atoms with van der Waals surface area (Å²) in [6, 6.07) is 28.9. The van der Waals surface area contributed by atoms with Crippen molar-refractivity contribution in [3.8, 4) is 0 Å². The summed E-state index contributed by atoms with van der Waals surface area (Å²) in [6.45, 7) is 11.9. The highest BCUT2D eigenvalue weighted by molar-refractivity contribution is 7.89. The molecule has 83 heavy (non-hydrogen) atoms. The Morgan fingerprint density at radius 1 is 0.614 bits per heavy atom. The van der Waals surface area contributed by atoms with Crippen LogP contribution in [0.3, 0.4) is 0 Å². The van der Waals surface area contributed by atoms with Gasteiger partial charge in [-0.05, 0) is 105 Å². The quantitative estimate of drug-likeness (QED) is 0.0295. The number of alkyl carbamates (subject to hydrolysis) is 2. The van der Waals surface area contributed by atoms with Gasteiger partial charge in [0.1, 0.15) is 18.8 Å². The molecule has 24 heteroatoms. The van der Waals surface area contributed by atoms with Crippen molar-refractivity contribution in [2.24, 2.45) is 11.8 Å². The molecule has 0 bridgehead atoms. The minimum atomic E-state index is -4.06. The number of rotatable bonds is 31. The number of carbonyl (C=O) groups is 3. The van der Waals surface area contributed by atoms with Crippen LogP contribution in [-0.2, 0) is 61.4 Å². The van der Waals surface area contributed by atoms with Crippen molar-refractivity contribution < 1.29 is 65.1 Å². The molecule has 2 fully saturated rings. The van der Waals surface area contributed by atoms with Crippen molar-refractivity contribution in [3.63, 3.8) is 0 Å². The van der Waals surface area contributed by atoms with E-state index < -0.39 is 56.5 Å². The number of benzene rings is 4. The highest BCUT2D eigenvalue weighted by atomic mass is 32.2. The zero-order chi connectivity index (χ0) is 60.5. The number of amides is 3. The van der Waals surface area contributed by atoms with Crippen molar-refractivity contribution in [1.29, 1.82) is 0 Å². The lowest BCUT2D eigenvalue weighted by molar-refractivity contribution is -0.120. The molecule has 6 atom stereocenters. The maximum absolute atomic E-state index is 13.9. The van der Waals surface area contributed by atoms with Crippen molar-refractivity contribution in [3.05, 3.63) is 120 Å². The minimum absolute atomic E-state index is 0.0126. The smallest absolute Gasteiger partial charge is 0.407 e. The molecular formula is C59H88N8O14S2. The van der Waals surface area contributed by atoms with Gasteiger partial charge in [0.15, 0.2) is 0 Å². The first-order valence-electron chi connectivity index (χ1n) is 28.2. The Morgan fingerprint density at radius 2 is 1.05 bits per heavy atom. The maximum atomic E-state index is 13.9. The number of aliphatic hydroxyl groups is 2. The molecule has 4 aromatic rings. The molecule has 0 spiro atoms. The van der Waals surface area contributed by atoms with Gasteiger partial charge in [-0.15, -0.1) is 0 Å². The lowest BCUT2D eigenvalue weighted by atomic mass is 10.0. The Labute approximate surface area is 491 Å². The van der Waals surface area contributed by atoms with E-state index in [-0.39, 0.29) is 78.9 Å². The normalized spacial score (nSPS) is 17.0. The number of nitrogens with one attached hydrogen (secondary N) is 3. The first kappa shape index (κ1) is 68.0. The summed E-state index contributed by atoms with van der Waals surface area (Å²) in [7, 11) is -1.94. The number of ether oxygens (including phenoxy) is 5. The topological polar surface area (TPSA) is 281 Å². The Hall–Kier alpha value is -5.77. The van der Waals surface area contributed by atoms with Gasteiger partial charge in [-0.1, -0.05) is 88.4 Å². The van der Waals surface area contributed by atoms with E-state index in [1.807, 2.05) is 110 Å². The average molecular weight is 1200 g/mol. The van der Waals surface area contributed by atoms with Crippen molar-refractivity contribution in [1.82, 2.24) is 29.0 Å². The average Bonchev–Trinajstić information content (AvgIpc) is 4.32. The van der Waals surface area contributed by atoms with Crippen LogP contribution >= 0.6 is 0 Å². The zero-order valence-electron chi connectivity index (χ0n) is 49.0. The van der Waals surface area contributed by atoms with Gasteiger partial charge in [-0.25, -0.2) is 26.4 Å². The van der Waals surface area contributed by atoms with Crippen LogP contribution in [0.15, 0.2) is 119 Å². The molecule has 4 aromatic carbocycles. The van der Waals surface area contributed by atoms with Crippen LogP contribution in [0.1, 0.15) is 51.7 Å². The Morgan fingerprint density at radius 3 is 1.45 bits per heavy atom. The van der Waals surface area contributed by atoms with Crippen LogP contribution in [0.5, 0.6) is 0 Å². The van der Waals surface area contributed by atoms with E-state index >= 15 is 0 Å². The SMILES string of the molecule is CC(C)CN(C[C@@H](O)[C@H](Cc1ccccc1)NC(=O)O[C@H]1CCOC1)S(=O)(=O)c1ccc(N)cc1.CC(C)CN(C[C@@H](O)[C@H](Cc1ccccc1)NC(=O)O[C@H]1CCOC1)S(=O)(=O)c1ccc(NC(=O)COCCN(C)CCN(C)C)cc1. The second-order valence-electron chi connectivity index (χ2n) is 22.0. The largest absolute Gasteiger partial charge is 0.444 e. The van der Waals surface area contributed by atoms with Crippen LogP contribution in [0.2, 0.25) is 0 Å². The van der Waals surface area contributed by atoms with Crippen molar-refractivity contribution in [2.45, 2.75) is 99.7 Å². The number of nitrogen functional groups attached to an aromatic ring is 1. The fourth-order valence-corrected chi connectivity index (χ4v) is 12.2. The Bertz CT molecular complexity index is 2770. The van der Waals surface area contributed by atoms with E-state index in [0.29, 0.717) is 70.2 Å². The van der Waals surface area contributed by atoms with Gasteiger partial charge >= 0.3 is 12.2 Å². The molecule has 22 nitrogen and oxygen atoms in total. The maximum Gasteiger partial charge on any atom is 0.407 e. The van der Waals surface area contributed by atoms with Gasteiger partial charge in [0.05, 0.1) is 67.1 Å². The van der Waals surface area contributed by atoms with Gasteiger partial charge in [0, 0.05) is 70.0 Å². The second kappa shape index (κ2) is 34.3. The van der Waals surface area contributed by atoms with Crippen LogP contribution in [0, 0.1) is 11.8 Å². The fourth-order valence-electron chi connectivity index (χ4n) is 8.93. The third kappa shape index (κ3) is 24.0. The number of nitrogens with zero attached hydrogens (tertiary/aromatic N) is 4. The number of sulfonamides is 2. The Kier molecular flexibility index (Phi) is 28.1. The standard InChI is InChI=1S/C34H53N5O8S.C25H35N3O6S/c1-26(2)22-39(23-32(40)31(21-27-9-7-6-8-10-27)36-34(42)47-29-15-19-45-24-29)48(43,44)30-13-11-28(12-14-30)35-33(41)25-46-20-18-38(5)17-16-37(3)4;1-18(2)15-28(35(31,32)22-10-8-20(26)9-11-22)16-24(29)23(14-19-6-4-3-5-7-19)27-25(30)34-21-12-13-33-17-21/h6-14,26,29,31-32,40H,15-25H2,1-5H3,(H,35,41)(H,36,42);3-11,18,21,23-24,29H,12-17,26H2,1-2H3,(H,27,30)/t29-,31-,32+;21-,23-,24+/m00/s1. The third-order valence-electron chi connectivity index (χ3n) is 13.4. The number of aliphatic hydroxyl groups excluding tert-OH is 2. The van der Waals surface area contributed by atoms with E-state index in [1.165, 1.54) is 57.1 Å². The summed E-state index contributed by atoms with van der Waals surface area (Å²) in [5, 5.41) is 30.9. The molecule has 6 rings (SSSR count). The number of hydrogen-bond acceptors (Lipinski definition) is 17. The third-order valence-corrected chi connectivity index (χ3v) is 17.1. The van der Waals surface area contributed by atoms with Crippen LogP contribution in [0.4, 0.5) is 21.0 Å². The number of carbonyl (C=O) groups excluding carboxylic acids is 3. The molecule has 2 aliphatic heterocycles. The molecule has 2 aliphatic rings. The monoisotopic (exact) mass is 1200 g/mol. The lowest BCUT2D eigenvalue weighted by Crippen LogP contribution is -2.51. The molecule has 7 N–H and O–H groups in total. The van der Waals surface area contributed by atoms with E-state index in [2.05, 4.69) is 25.8 Å². The predicted molar refractivity (Wildman–Crippen MR) is 318 cm³/mol. The fraction of sp³-hybridized carbons (Fsp3) is 0.542. The highest BCUT2D eigenvalue weighted by Gasteiger charge is 2.34. The molecule has 460 valence electrons. The van der Waals surface area contributed by atoms with E-state index in [1.54, 1.807) is 0 Å². The first-order valence-corrected chi connectivity index (χ1v) is 31.1. The van der Waals surface area contributed by atoms with Gasteiger partial charge in [0.25, 0.3) is 0 Å². The summed E-state index contributed by atoms with van der Waals surface area (Å²) in [6.07, 6.45) is -2.75. The van der Waals surface area contributed by atoms with Crippen molar-refractivity contribution >= 4 is 49.5 Å². The summed E-state index contributed by atoms with van der Waals surface area (Å²) in [4.78, 5) is 42.1. The number of anilines is 2. The van der Waals surface area contributed by atoms with Gasteiger partial charge < -0.3 is 65.4 Å². The first-order chi connectivity index (χ1) is 39.5. The highest BCUT2D eigenvalue weighted by Crippen LogP contribution is 2.23. The van der Waals surface area contributed by atoms with Gasteiger partial charge in [-0.2, -0.15) is 8.61 Å². The molecule has 3 amide bonds. The summed E-state index contributed by atoms with van der Waals surface area (Å²) in [5.74, 6) is -0.383. The van der Waals surface area contributed by atoms with Gasteiger partial charge in [-0.3, -0.25) is 4.79 Å². The second-order valence-corrected chi connectivity index (χ2v) is 25.9. The summed E-state index contributed by atoms with van der Waals surface area (Å²) in [5.41, 5.74) is 8.35. The van der Waals surface area contributed by atoms with Crippen LogP contribution in [-0.4, -0.2) is 207 Å². The Balaban J connectivity index is 0.000000319. The number of nitrogens with two attached hydrogens (primary N) is 1. The number of hydrogen-bond donors (Lipinski definition) is 6. The molecule has 0 radical (unpaired) electrons. The van der Waals surface area contributed by atoms with E-state index in [9.17, 15) is 41.4 Å². The molecular weight excluding hydrogens is 1110 g/mol. The summed E-state index contributed by atoms with van der Waals surface area (Å²) >= 11 is 0. The molecule has 2 saturated heterocycles.